The van der Waals surface area contributed by atoms with E-state index < -0.39 is 4.92 Å². The van der Waals surface area contributed by atoms with Crippen LogP contribution < -0.4 is 5.73 Å². The van der Waals surface area contributed by atoms with E-state index in [4.69, 9.17) is 5.73 Å². The van der Waals surface area contributed by atoms with E-state index in [0.717, 1.165) is 19.3 Å². The second-order valence-corrected chi connectivity index (χ2v) is 5.81. The lowest BCUT2D eigenvalue weighted by atomic mass is 10.0. The SMILES string of the molecule is Cl.NCC1CCCCN1C(=O)c1ccn(-c2cccc([N+](=O)[O-])c2)n1. The molecule has 2 aromatic rings. The summed E-state index contributed by atoms with van der Waals surface area (Å²) in [4.78, 5) is 24.9. The predicted octanol–water partition coefficient (Wildman–Crippen LogP) is 2.16. The molecular formula is C16H20ClN5O3. The highest BCUT2D eigenvalue weighted by molar-refractivity contribution is 5.92. The van der Waals surface area contributed by atoms with Crippen LogP contribution in [0.15, 0.2) is 36.5 Å². The molecule has 1 aromatic heterocycles. The maximum atomic E-state index is 12.7. The molecule has 2 N–H and O–H groups in total. The number of carbonyl (C=O) groups is 1. The highest BCUT2D eigenvalue weighted by Gasteiger charge is 2.27. The van der Waals surface area contributed by atoms with Crippen LogP contribution in [-0.4, -0.2) is 44.6 Å². The number of nitro groups is 1. The van der Waals surface area contributed by atoms with Gasteiger partial charge in [0.15, 0.2) is 5.69 Å². The first-order valence-corrected chi connectivity index (χ1v) is 7.91. The van der Waals surface area contributed by atoms with Crippen LogP contribution in [0.25, 0.3) is 5.69 Å². The Bertz CT molecular complexity index is 764. The second-order valence-electron chi connectivity index (χ2n) is 5.81. The number of halogens is 1. The number of non-ortho nitro benzene ring substituents is 1. The average Bonchev–Trinajstić information content (AvgIpc) is 3.11. The van der Waals surface area contributed by atoms with Crippen molar-refractivity contribution in [2.45, 2.75) is 25.3 Å². The van der Waals surface area contributed by atoms with E-state index in [1.807, 2.05) is 0 Å². The van der Waals surface area contributed by atoms with Crippen LogP contribution in [0.3, 0.4) is 0 Å². The molecule has 1 unspecified atom stereocenters. The van der Waals surface area contributed by atoms with Gasteiger partial charge in [0, 0.05) is 37.5 Å². The van der Waals surface area contributed by atoms with Gasteiger partial charge in [0.25, 0.3) is 11.6 Å². The van der Waals surface area contributed by atoms with Gasteiger partial charge in [-0.15, -0.1) is 12.4 Å². The number of nitrogens with two attached hydrogens (primary N) is 1. The summed E-state index contributed by atoms with van der Waals surface area (Å²) in [5.74, 6) is -0.144. The third kappa shape index (κ3) is 3.97. The van der Waals surface area contributed by atoms with Gasteiger partial charge in [0.1, 0.15) is 0 Å². The standard InChI is InChI=1S/C16H19N5O3.ClH/c17-11-14-4-1-2-8-19(14)16(22)15-7-9-20(18-15)12-5-3-6-13(10-12)21(23)24;/h3,5-7,9-10,14H,1-2,4,8,11,17H2;1H. The molecule has 2 heterocycles. The fourth-order valence-electron chi connectivity index (χ4n) is 2.99. The van der Waals surface area contributed by atoms with Crippen molar-refractivity contribution in [1.82, 2.24) is 14.7 Å². The third-order valence-corrected chi connectivity index (χ3v) is 4.27. The summed E-state index contributed by atoms with van der Waals surface area (Å²) in [7, 11) is 0. The highest BCUT2D eigenvalue weighted by Crippen LogP contribution is 2.20. The largest absolute Gasteiger partial charge is 0.333 e. The van der Waals surface area contributed by atoms with Crippen molar-refractivity contribution >= 4 is 24.0 Å². The Kier molecular flexibility index (Phi) is 6.11. The number of amides is 1. The summed E-state index contributed by atoms with van der Waals surface area (Å²) in [5, 5.41) is 15.2. The molecule has 1 saturated heterocycles. The third-order valence-electron chi connectivity index (χ3n) is 4.27. The van der Waals surface area contributed by atoms with Crippen molar-refractivity contribution in [1.29, 1.82) is 0 Å². The fraction of sp³-hybridized carbons (Fsp3) is 0.375. The van der Waals surface area contributed by atoms with Gasteiger partial charge in [-0.3, -0.25) is 14.9 Å². The molecule has 0 spiro atoms. The minimum atomic E-state index is -0.460. The van der Waals surface area contributed by atoms with Crippen LogP contribution in [0.2, 0.25) is 0 Å². The first-order valence-electron chi connectivity index (χ1n) is 7.91. The summed E-state index contributed by atoms with van der Waals surface area (Å²) in [6, 6.07) is 7.81. The number of benzene rings is 1. The fourth-order valence-corrected chi connectivity index (χ4v) is 2.99. The van der Waals surface area contributed by atoms with Gasteiger partial charge in [-0.1, -0.05) is 6.07 Å². The van der Waals surface area contributed by atoms with E-state index in [9.17, 15) is 14.9 Å². The zero-order valence-corrected chi connectivity index (χ0v) is 14.4. The van der Waals surface area contributed by atoms with Crippen LogP contribution in [0, 0.1) is 10.1 Å². The number of hydrogen-bond donors (Lipinski definition) is 1. The molecule has 1 aromatic carbocycles. The second kappa shape index (κ2) is 8.09. The molecule has 1 aliphatic rings. The number of nitrogens with zero attached hydrogens (tertiary/aromatic N) is 4. The Hall–Kier alpha value is -2.45. The smallest absolute Gasteiger partial charge is 0.274 e. The Morgan fingerprint density at radius 2 is 2.16 bits per heavy atom. The molecule has 0 radical (unpaired) electrons. The lowest BCUT2D eigenvalue weighted by molar-refractivity contribution is -0.384. The van der Waals surface area contributed by atoms with E-state index >= 15 is 0 Å². The van der Waals surface area contributed by atoms with E-state index in [0.29, 0.717) is 24.5 Å². The zero-order chi connectivity index (χ0) is 17.1. The van der Waals surface area contributed by atoms with Gasteiger partial charge in [-0.25, -0.2) is 4.68 Å². The molecule has 25 heavy (non-hydrogen) atoms. The summed E-state index contributed by atoms with van der Waals surface area (Å²) in [5.41, 5.74) is 6.61. The number of nitro benzene ring substituents is 1. The molecule has 1 fully saturated rings. The Balaban J connectivity index is 0.00000225. The van der Waals surface area contributed by atoms with Gasteiger partial charge >= 0.3 is 0 Å². The van der Waals surface area contributed by atoms with E-state index in [1.54, 1.807) is 29.3 Å². The van der Waals surface area contributed by atoms with Crippen molar-refractivity contribution in [2.24, 2.45) is 5.73 Å². The first-order chi connectivity index (χ1) is 11.6. The molecule has 0 aliphatic carbocycles. The minimum absolute atomic E-state index is 0. The van der Waals surface area contributed by atoms with E-state index in [-0.39, 0.29) is 30.0 Å². The Labute approximate surface area is 151 Å². The quantitative estimate of drug-likeness (QED) is 0.659. The van der Waals surface area contributed by atoms with Gasteiger partial charge in [-0.05, 0) is 31.4 Å². The minimum Gasteiger partial charge on any atom is -0.333 e. The summed E-state index contributed by atoms with van der Waals surface area (Å²) in [6.07, 6.45) is 4.59. The molecule has 0 bridgehead atoms. The number of likely N-dealkylation sites (tertiary alicyclic amines) is 1. The van der Waals surface area contributed by atoms with Crippen LogP contribution >= 0.6 is 12.4 Å². The summed E-state index contributed by atoms with van der Waals surface area (Å²) >= 11 is 0. The van der Waals surface area contributed by atoms with Gasteiger partial charge < -0.3 is 10.6 Å². The molecule has 0 saturated carbocycles. The van der Waals surface area contributed by atoms with E-state index in [1.165, 1.54) is 16.8 Å². The number of rotatable bonds is 4. The van der Waals surface area contributed by atoms with Gasteiger partial charge in [-0.2, -0.15) is 5.10 Å². The first kappa shape index (κ1) is 18.9. The predicted molar refractivity (Wildman–Crippen MR) is 95.2 cm³/mol. The highest BCUT2D eigenvalue weighted by atomic mass is 35.5. The van der Waals surface area contributed by atoms with Crippen LogP contribution in [0.1, 0.15) is 29.8 Å². The van der Waals surface area contributed by atoms with Crippen LogP contribution in [0.5, 0.6) is 0 Å². The monoisotopic (exact) mass is 365 g/mol. The lowest BCUT2D eigenvalue weighted by Crippen LogP contribution is -2.47. The van der Waals surface area contributed by atoms with Crippen LogP contribution in [-0.2, 0) is 0 Å². The maximum Gasteiger partial charge on any atom is 0.274 e. The Morgan fingerprint density at radius 1 is 1.36 bits per heavy atom. The lowest BCUT2D eigenvalue weighted by Gasteiger charge is -2.34. The van der Waals surface area contributed by atoms with Crippen molar-refractivity contribution in [2.75, 3.05) is 13.1 Å². The Morgan fingerprint density at radius 3 is 2.88 bits per heavy atom. The van der Waals surface area contributed by atoms with Gasteiger partial charge in [0.05, 0.1) is 10.6 Å². The molecule has 8 nitrogen and oxygen atoms in total. The number of aromatic nitrogens is 2. The molecule has 3 rings (SSSR count). The normalized spacial score (nSPS) is 17.0. The van der Waals surface area contributed by atoms with Crippen molar-refractivity contribution < 1.29 is 9.72 Å². The number of hydrogen-bond acceptors (Lipinski definition) is 5. The van der Waals surface area contributed by atoms with E-state index in [2.05, 4.69) is 5.10 Å². The molecular weight excluding hydrogens is 346 g/mol. The average molecular weight is 366 g/mol. The molecule has 9 heteroatoms. The molecule has 1 atom stereocenters. The van der Waals surface area contributed by atoms with Crippen molar-refractivity contribution in [3.05, 3.63) is 52.3 Å². The summed E-state index contributed by atoms with van der Waals surface area (Å²) in [6.45, 7) is 1.13. The van der Waals surface area contributed by atoms with Crippen LogP contribution in [0.4, 0.5) is 5.69 Å². The molecule has 1 aliphatic heterocycles. The summed E-state index contributed by atoms with van der Waals surface area (Å²) < 4.78 is 1.47. The van der Waals surface area contributed by atoms with Crippen molar-refractivity contribution in [3.8, 4) is 5.69 Å². The molecule has 134 valence electrons. The molecule has 1 amide bonds. The number of piperidine rings is 1. The van der Waals surface area contributed by atoms with Crippen molar-refractivity contribution in [3.63, 3.8) is 0 Å². The maximum absolute atomic E-state index is 12.7. The topological polar surface area (TPSA) is 107 Å². The zero-order valence-electron chi connectivity index (χ0n) is 13.6. The number of carbonyl (C=O) groups excluding carboxylic acids is 1. The van der Waals surface area contributed by atoms with Gasteiger partial charge in [0.2, 0.25) is 0 Å².